The van der Waals surface area contributed by atoms with Gasteiger partial charge in [0.05, 0.1) is 16.8 Å². The lowest BCUT2D eigenvalue weighted by molar-refractivity contribution is 0.163. The normalized spacial score (nSPS) is 25.5. The third kappa shape index (κ3) is 3.54. The van der Waals surface area contributed by atoms with Crippen molar-refractivity contribution < 1.29 is 5.11 Å². The molecule has 1 saturated carbocycles. The number of nitrogen functional groups attached to an aromatic ring is 1. The van der Waals surface area contributed by atoms with Gasteiger partial charge in [-0.3, -0.25) is 0 Å². The van der Waals surface area contributed by atoms with E-state index in [1.165, 1.54) is 12.8 Å². The summed E-state index contributed by atoms with van der Waals surface area (Å²) in [5, 5.41) is 10.9. The average molecular weight is 272 g/mol. The fraction of sp³-hybridized carbons (Fsp3) is 0.538. The summed E-state index contributed by atoms with van der Waals surface area (Å²) in [5.74, 6) is 0. The first-order chi connectivity index (χ1) is 8.16. The van der Waals surface area contributed by atoms with Crippen LogP contribution in [0.4, 0.5) is 5.69 Å². The molecule has 0 aliphatic heterocycles. The number of hydrogen-bond donors (Lipinski definition) is 2. The van der Waals surface area contributed by atoms with Crippen molar-refractivity contribution >= 4 is 29.1 Å². The van der Waals surface area contributed by atoms with Crippen molar-refractivity contribution in [1.82, 2.24) is 0 Å². The van der Waals surface area contributed by atoms with E-state index >= 15 is 0 Å². The Kier molecular flexibility index (Phi) is 4.60. The maximum atomic E-state index is 10.1. The lowest BCUT2D eigenvalue weighted by atomic mass is 10.1. The Morgan fingerprint density at radius 1 is 1.24 bits per heavy atom. The smallest absolute Gasteiger partial charge is 0.0662 e. The minimum absolute atomic E-state index is 0.196. The number of rotatable bonds is 2. The van der Waals surface area contributed by atoms with E-state index in [0.717, 1.165) is 24.2 Å². The van der Waals surface area contributed by atoms with Crippen molar-refractivity contribution in [2.75, 3.05) is 5.73 Å². The largest absolute Gasteiger partial charge is 0.398 e. The standard InChI is InChI=1S/C13H18ClNOS/c14-10-8-9(6-7-11(10)15)17-13-5-3-1-2-4-12(13)16/h6-8,12-13,16H,1-5,15H2. The van der Waals surface area contributed by atoms with Crippen molar-refractivity contribution in [1.29, 1.82) is 0 Å². The zero-order valence-electron chi connectivity index (χ0n) is 9.73. The van der Waals surface area contributed by atoms with Gasteiger partial charge in [0.15, 0.2) is 0 Å². The van der Waals surface area contributed by atoms with Gasteiger partial charge in [-0.05, 0) is 31.0 Å². The van der Waals surface area contributed by atoms with Crippen LogP contribution in [0.3, 0.4) is 0 Å². The third-order valence-corrected chi connectivity index (χ3v) is 4.88. The summed E-state index contributed by atoms with van der Waals surface area (Å²) in [5.41, 5.74) is 6.29. The molecule has 2 unspecified atom stereocenters. The molecule has 0 amide bonds. The van der Waals surface area contributed by atoms with E-state index in [-0.39, 0.29) is 11.4 Å². The number of benzene rings is 1. The first-order valence-electron chi connectivity index (χ1n) is 6.06. The van der Waals surface area contributed by atoms with Gasteiger partial charge in [0.2, 0.25) is 0 Å². The van der Waals surface area contributed by atoms with E-state index < -0.39 is 0 Å². The number of hydrogen-bond acceptors (Lipinski definition) is 3. The van der Waals surface area contributed by atoms with Crippen molar-refractivity contribution in [3.8, 4) is 0 Å². The number of anilines is 1. The molecule has 0 radical (unpaired) electrons. The molecule has 94 valence electrons. The Morgan fingerprint density at radius 2 is 2.00 bits per heavy atom. The van der Waals surface area contributed by atoms with Crippen LogP contribution in [-0.2, 0) is 0 Å². The number of nitrogens with two attached hydrogens (primary N) is 1. The zero-order valence-corrected chi connectivity index (χ0v) is 11.3. The minimum Gasteiger partial charge on any atom is -0.398 e. The summed E-state index contributed by atoms with van der Waals surface area (Å²) in [7, 11) is 0. The van der Waals surface area contributed by atoms with Crippen molar-refractivity contribution in [3.05, 3.63) is 23.2 Å². The second-order valence-electron chi connectivity index (χ2n) is 4.54. The lowest BCUT2D eigenvalue weighted by Crippen LogP contribution is -2.21. The Bertz CT molecular complexity index is 386. The highest BCUT2D eigenvalue weighted by molar-refractivity contribution is 8.00. The Labute approximate surface area is 112 Å². The molecule has 2 nitrogen and oxygen atoms in total. The van der Waals surface area contributed by atoms with E-state index in [2.05, 4.69) is 0 Å². The van der Waals surface area contributed by atoms with Crippen molar-refractivity contribution in [2.45, 2.75) is 48.4 Å². The first kappa shape index (κ1) is 13.1. The molecule has 0 bridgehead atoms. The molecule has 17 heavy (non-hydrogen) atoms. The van der Waals surface area contributed by atoms with E-state index in [1.54, 1.807) is 11.8 Å². The number of thioether (sulfide) groups is 1. The van der Waals surface area contributed by atoms with Crippen LogP contribution in [0.15, 0.2) is 23.1 Å². The molecule has 1 aliphatic rings. The molecule has 0 aromatic heterocycles. The van der Waals surface area contributed by atoms with Gasteiger partial charge in [0, 0.05) is 10.1 Å². The van der Waals surface area contributed by atoms with E-state index in [0.29, 0.717) is 10.7 Å². The van der Waals surface area contributed by atoms with E-state index in [1.807, 2.05) is 18.2 Å². The summed E-state index contributed by atoms with van der Waals surface area (Å²) in [6, 6.07) is 5.69. The van der Waals surface area contributed by atoms with Crippen LogP contribution in [-0.4, -0.2) is 16.5 Å². The summed E-state index contributed by atoms with van der Waals surface area (Å²) in [4.78, 5) is 1.09. The number of aliphatic hydroxyl groups is 1. The minimum atomic E-state index is -0.196. The fourth-order valence-corrected chi connectivity index (χ4v) is 3.65. The van der Waals surface area contributed by atoms with Crippen LogP contribution >= 0.6 is 23.4 Å². The second-order valence-corrected chi connectivity index (χ2v) is 6.26. The van der Waals surface area contributed by atoms with Gasteiger partial charge in [-0.2, -0.15) is 0 Å². The van der Waals surface area contributed by atoms with Crippen molar-refractivity contribution in [2.24, 2.45) is 0 Å². The fourth-order valence-electron chi connectivity index (χ4n) is 2.15. The molecule has 2 atom stereocenters. The van der Waals surface area contributed by atoms with Gasteiger partial charge < -0.3 is 10.8 Å². The highest BCUT2D eigenvalue weighted by Crippen LogP contribution is 2.35. The topological polar surface area (TPSA) is 46.2 Å². The van der Waals surface area contributed by atoms with Gasteiger partial charge in [0.25, 0.3) is 0 Å². The Hall–Kier alpha value is -0.380. The maximum Gasteiger partial charge on any atom is 0.0662 e. The van der Waals surface area contributed by atoms with Crippen LogP contribution in [0.25, 0.3) is 0 Å². The van der Waals surface area contributed by atoms with Crippen LogP contribution < -0.4 is 5.73 Å². The number of aliphatic hydroxyl groups excluding tert-OH is 1. The SMILES string of the molecule is Nc1ccc(SC2CCCCCC2O)cc1Cl. The van der Waals surface area contributed by atoms with Crippen LogP contribution in [0.1, 0.15) is 32.1 Å². The molecule has 0 saturated heterocycles. The zero-order chi connectivity index (χ0) is 12.3. The highest BCUT2D eigenvalue weighted by atomic mass is 35.5. The van der Waals surface area contributed by atoms with Crippen molar-refractivity contribution in [3.63, 3.8) is 0 Å². The van der Waals surface area contributed by atoms with Gasteiger partial charge >= 0.3 is 0 Å². The van der Waals surface area contributed by atoms with E-state index in [4.69, 9.17) is 17.3 Å². The quantitative estimate of drug-likeness (QED) is 0.637. The number of halogens is 1. The molecular weight excluding hydrogens is 254 g/mol. The molecule has 1 aliphatic carbocycles. The van der Waals surface area contributed by atoms with Gasteiger partial charge in [0.1, 0.15) is 0 Å². The van der Waals surface area contributed by atoms with Gasteiger partial charge in [-0.1, -0.05) is 30.9 Å². The van der Waals surface area contributed by atoms with Crippen LogP contribution in [0.5, 0.6) is 0 Å². The first-order valence-corrected chi connectivity index (χ1v) is 7.32. The van der Waals surface area contributed by atoms with E-state index in [9.17, 15) is 5.11 Å². The monoisotopic (exact) mass is 271 g/mol. The Balaban J connectivity index is 2.05. The second kappa shape index (κ2) is 5.98. The molecule has 2 rings (SSSR count). The summed E-state index contributed by atoms with van der Waals surface area (Å²) in [6.07, 6.45) is 5.38. The molecule has 1 aromatic carbocycles. The van der Waals surface area contributed by atoms with Gasteiger partial charge in [-0.15, -0.1) is 11.8 Å². The molecule has 4 heteroatoms. The summed E-state index contributed by atoms with van der Waals surface area (Å²) >= 11 is 7.72. The third-order valence-electron chi connectivity index (χ3n) is 3.18. The molecule has 1 aromatic rings. The molecule has 1 fully saturated rings. The van der Waals surface area contributed by atoms with Crippen LogP contribution in [0.2, 0.25) is 5.02 Å². The lowest BCUT2D eigenvalue weighted by Gasteiger charge is -2.19. The van der Waals surface area contributed by atoms with Gasteiger partial charge in [-0.25, -0.2) is 0 Å². The summed E-state index contributed by atoms with van der Waals surface area (Å²) < 4.78 is 0. The average Bonchev–Trinajstić information content (AvgIpc) is 2.50. The van der Waals surface area contributed by atoms with Crippen LogP contribution in [0, 0.1) is 0 Å². The predicted molar refractivity (Wildman–Crippen MR) is 74.6 cm³/mol. The predicted octanol–water partition coefficient (Wildman–Crippen LogP) is 3.71. The molecule has 0 spiro atoms. The highest BCUT2D eigenvalue weighted by Gasteiger charge is 2.22. The maximum absolute atomic E-state index is 10.1. The summed E-state index contributed by atoms with van der Waals surface area (Å²) in [6.45, 7) is 0. The molecular formula is C13H18ClNOS. The molecule has 0 heterocycles. The molecule has 3 N–H and O–H groups in total. The Morgan fingerprint density at radius 3 is 2.76 bits per heavy atom.